The Kier molecular flexibility index (Phi) is 6.21. The third kappa shape index (κ3) is 4.90. The fraction of sp³-hybridized carbons (Fsp3) is 0.278. The number of hydrogen-bond donors (Lipinski definition) is 1. The number of aryl methyl sites for hydroxylation is 2. The van der Waals surface area contributed by atoms with Crippen molar-refractivity contribution in [3.05, 3.63) is 57.6 Å². The number of nitrogens with one attached hydrogen (secondary N) is 1. The molecule has 0 spiro atoms. The molecule has 0 aliphatic rings. The Balaban J connectivity index is 2.39. The highest BCUT2D eigenvalue weighted by atomic mass is 35.5. The summed E-state index contributed by atoms with van der Waals surface area (Å²) in [5.74, 6) is -0.515. The molecule has 0 bridgehead atoms. The Labute approximate surface area is 164 Å². The van der Waals surface area contributed by atoms with Gasteiger partial charge in [0.15, 0.2) is 0 Å². The van der Waals surface area contributed by atoms with Crippen LogP contribution in [-0.2, 0) is 14.8 Å². The smallest absolute Gasteiger partial charge is 0.248 e. The van der Waals surface area contributed by atoms with E-state index in [1.807, 2.05) is 19.9 Å². The molecule has 0 aromatic heterocycles. The average Bonchev–Trinajstić information content (AvgIpc) is 2.48. The van der Waals surface area contributed by atoms with Crippen molar-refractivity contribution in [2.45, 2.75) is 26.8 Å². The van der Waals surface area contributed by atoms with Crippen LogP contribution in [0.15, 0.2) is 36.4 Å². The first-order valence-electron chi connectivity index (χ1n) is 7.82. The van der Waals surface area contributed by atoms with Crippen LogP contribution in [0.5, 0.6) is 0 Å². The monoisotopic (exact) mass is 414 g/mol. The van der Waals surface area contributed by atoms with E-state index in [0.29, 0.717) is 21.4 Å². The number of hydrogen-bond acceptors (Lipinski definition) is 3. The van der Waals surface area contributed by atoms with Gasteiger partial charge in [0.25, 0.3) is 0 Å². The van der Waals surface area contributed by atoms with Gasteiger partial charge < -0.3 is 5.32 Å². The summed E-state index contributed by atoms with van der Waals surface area (Å²) in [6.45, 7) is 5.26. The molecule has 0 fully saturated rings. The number of amides is 1. The summed E-state index contributed by atoms with van der Waals surface area (Å²) >= 11 is 12.0. The van der Waals surface area contributed by atoms with Crippen molar-refractivity contribution in [2.24, 2.45) is 0 Å². The number of carbonyl (C=O) groups is 1. The molecule has 2 aromatic rings. The summed E-state index contributed by atoms with van der Waals surface area (Å²) in [5.41, 5.74) is 2.56. The van der Waals surface area contributed by atoms with E-state index in [2.05, 4.69) is 5.32 Å². The van der Waals surface area contributed by atoms with Crippen LogP contribution in [0, 0.1) is 13.8 Å². The fourth-order valence-corrected chi connectivity index (χ4v) is 4.21. The number of rotatable bonds is 5. The van der Waals surface area contributed by atoms with Crippen LogP contribution in [0.25, 0.3) is 0 Å². The van der Waals surface area contributed by atoms with Crippen LogP contribution in [-0.4, -0.2) is 26.6 Å². The summed E-state index contributed by atoms with van der Waals surface area (Å²) in [7, 11) is -3.69. The van der Waals surface area contributed by atoms with Gasteiger partial charge in [-0.05, 0) is 62.2 Å². The normalized spacial score (nSPS) is 12.5. The van der Waals surface area contributed by atoms with Crippen LogP contribution < -0.4 is 9.62 Å². The molecule has 0 saturated carbocycles. The molecule has 2 rings (SSSR count). The molecule has 1 atom stereocenters. The maximum Gasteiger partial charge on any atom is 0.248 e. The zero-order valence-electron chi connectivity index (χ0n) is 14.9. The van der Waals surface area contributed by atoms with Crippen LogP contribution in [0.1, 0.15) is 18.1 Å². The SMILES string of the molecule is Cc1cc(C)cc(N([C@H](C)C(=O)Nc2cc(Cl)ccc2Cl)S(C)(=O)=O)c1. The minimum absolute atomic E-state index is 0.312. The van der Waals surface area contributed by atoms with Gasteiger partial charge in [0, 0.05) is 5.02 Å². The molecule has 1 N–H and O–H groups in total. The van der Waals surface area contributed by atoms with E-state index in [9.17, 15) is 13.2 Å². The van der Waals surface area contributed by atoms with Crippen molar-refractivity contribution in [1.82, 2.24) is 0 Å². The molecule has 140 valence electrons. The van der Waals surface area contributed by atoms with Gasteiger partial charge in [-0.3, -0.25) is 9.10 Å². The second-order valence-corrected chi connectivity index (χ2v) is 8.90. The largest absolute Gasteiger partial charge is 0.323 e. The minimum atomic E-state index is -3.69. The molecule has 0 aliphatic carbocycles. The Bertz CT molecular complexity index is 925. The number of nitrogens with zero attached hydrogens (tertiary/aromatic N) is 1. The van der Waals surface area contributed by atoms with Crippen molar-refractivity contribution < 1.29 is 13.2 Å². The van der Waals surface area contributed by atoms with Crippen molar-refractivity contribution in [3.8, 4) is 0 Å². The second kappa shape index (κ2) is 7.86. The van der Waals surface area contributed by atoms with Gasteiger partial charge in [0.05, 0.1) is 22.7 Å². The Morgan fingerprint density at radius 1 is 1.08 bits per heavy atom. The lowest BCUT2D eigenvalue weighted by Gasteiger charge is -2.29. The highest BCUT2D eigenvalue weighted by molar-refractivity contribution is 7.92. The van der Waals surface area contributed by atoms with E-state index in [1.54, 1.807) is 24.3 Å². The zero-order valence-corrected chi connectivity index (χ0v) is 17.2. The van der Waals surface area contributed by atoms with Crippen LogP contribution >= 0.6 is 23.2 Å². The lowest BCUT2D eigenvalue weighted by atomic mass is 10.1. The molecule has 0 heterocycles. The van der Waals surface area contributed by atoms with E-state index in [4.69, 9.17) is 23.2 Å². The maximum absolute atomic E-state index is 12.7. The minimum Gasteiger partial charge on any atom is -0.323 e. The predicted molar refractivity (Wildman–Crippen MR) is 108 cm³/mol. The van der Waals surface area contributed by atoms with E-state index >= 15 is 0 Å². The molecule has 8 heteroatoms. The van der Waals surface area contributed by atoms with Gasteiger partial charge in [-0.15, -0.1) is 0 Å². The molecule has 0 unspecified atom stereocenters. The summed E-state index contributed by atoms with van der Waals surface area (Å²) in [6.07, 6.45) is 1.07. The first-order chi connectivity index (χ1) is 12.0. The third-order valence-electron chi connectivity index (χ3n) is 3.74. The molecule has 2 aromatic carbocycles. The number of halogens is 2. The Hall–Kier alpha value is -1.76. The standard InChI is InChI=1S/C18H20Cl2N2O3S/c1-11-7-12(2)9-15(8-11)22(26(4,24)25)13(3)18(23)21-17-10-14(19)5-6-16(17)20/h5-10,13H,1-4H3,(H,21,23)/t13-/m1/s1. The quantitative estimate of drug-likeness (QED) is 0.787. The summed E-state index contributed by atoms with van der Waals surface area (Å²) in [4.78, 5) is 12.7. The van der Waals surface area contributed by atoms with Crippen LogP contribution in [0.4, 0.5) is 11.4 Å². The van der Waals surface area contributed by atoms with Crippen molar-refractivity contribution >= 4 is 50.5 Å². The Morgan fingerprint density at radius 2 is 1.65 bits per heavy atom. The first-order valence-corrected chi connectivity index (χ1v) is 10.4. The van der Waals surface area contributed by atoms with E-state index < -0.39 is 22.0 Å². The van der Waals surface area contributed by atoms with Gasteiger partial charge in [0.1, 0.15) is 6.04 Å². The number of carbonyl (C=O) groups excluding carboxylic acids is 1. The van der Waals surface area contributed by atoms with Gasteiger partial charge in [-0.2, -0.15) is 0 Å². The molecule has 0 saturated heterocycles. The number of sulfonamides is 1. The summed E-state index contributed by atoms with van der Waals surface area (Å²) < 4.78 is 25.8. The lowest BCUT2D eigenvalue weighted by Crippen LogP contribution is -2.45. The zero-order chi connectivity index (χ0) is 19.6. The van der Waals surface area contributed by atoms with Crippen LogP contribution in [0.3, 0.4) is 0 Å². The molecular weight excluding hydrogens is 395 g/mol. The Morgan fingerprint density at radius 3 is 2.19 bits per heavy atom. The summed E-state index contributed by atoms with van der Waals surface area (Å²) in [5, 5.41) is 3.36. The molecule has 0 aliphatic heterocycles. The van der Waals surface area contributed by atoms with E-state index in [1.165, 1.54) is 13.0 Å². The van der Waals surface area contributed by atoms with E-state index in [-0.39, 0.29) is 0 Å². The van der Waals surface area contributed by atoms with Crippen LogP contribution in [0.2, 0.25) is 10.0 Å². The lowest BCUT2D eigenvalue weighted by molar-refractivity contribution is -0.116. The number of anilines is 2. The molecule has 1 amide bonds. The van der Waals surface area contributed by atoms with Crippen molar-refractivity contribution in [1.29, 1.82) is 0 Å². The van der Waals surface area contributed by atoms with Crippen molar-refractivity contribution in [3.63, 3.8) is 0 Å². The average molecular weight is 415 g/mol. The van der Waals surface area contributed by atoms with Gasteiger partial charge in [-0.1, -0.05) is 29.3 Å². The highest BCUT2D eigenvalue weighted by Gasteiger charge is 2.29. The molecule has 0 radical (unpaired) electrons. The highest BCUT2D eigenvalue weighted by Crippen LogP contribution is 2.27. The first kappa shape index (κ1) is 20.6. The van der Waals surface area contributed by atoms with E-state index in [0.717, 1.165) is 21.7 Å². The topological polar surface area (TPSA) is 66.5 Å². The third-order valence-corrected chi connectivity index (χ3v) is 5.54. The predicted octanol–water partition coefficient (Wildman–Crippen LogP) is 4.40. The van der Waals surface area contributed by atoms with Gasteiger partial charge >= 0.3 is 0 Å². The van der Waals surface area contributed by atoms with Crippen molar-refractivity contribution in [2.75, 3.05) is 15.9 Å². The summed E-state index contributed by atoms with van der Waals surface area (Å²) in [6, 6.07) is 9.07. The van der Waals surface area contributed by atoms with Gasteiger partial charge in [-0.25, -0.2) is 8.42 Å². The molecule has 5 nitrogen and oxygen atoms in total. The van der Waals surface area contributed by atoms with Gasteiger partial charge in [0.2, 0.25) is 15.9 Å². The molecule has 26 heavy (non-hydrogen) atoms. The number of benzene rings is 2. The maximum atomic E-state index is 12.7. The molecular formula is C18H20Cl2N2O3S. The fourth-order valence-electron chi connectivity index (χ4n) is 2.72. The second-order valence-electron chi connectivity index (χ2n) is 6.19.